The minimum atomic E-state index is -4.84. The van der Waals surface area contributed by atoms with Crippen LogP contribution in [0.5, 0.6) is 0 Å². The first-order valence-electron chi connectivity index (χ1n) is 5.78. The van der Waals surface area contributed by atoms with Gasteiger partial charge in [0, 0.05) is 0 Å². The minimum Gasteiger partial charge on any atom is -0.480 e. The van der Waals surface area contributed by atoms with Crippen molar-refractivity contribution in [1.29, 1.82) is 0 Å². The lowest BCUT2D eigenvalue weighted by Crippen LogP contribution is -2.53. The van der Waals surface area contributed by atoms with Crippen LogP contribution in [-0.4, -0.2) is 52.4 Å². The Hall–Kier alpha value is -1.88. The summed E-state index contributed by atoms with van der Waals surface area (Å²) in [7, 11) is 0. The van der Waals surface area contributed by atoms with Crippen LogP contribution in [0.15, 0.2) is 0 Å². The second kappa shape index (κ2) is 7.78. The monoisotopic (exact) mass is 315 g/mol. The quantitative estimate of drug-likeness (QED) is 0.315. The molecule has 0 aliphatic heterocycles. The van der Waals surface area contributed by atoms with Crippen LogP contribution in [0.4, 0.5) is 13.2 Å². The number of rotatable bonds is 7. The summed E-state index contributed by atoms with van der Waals surface area (Å²) in [5.74, 6) is -3.65. The van der Waals surface area contributed by atoms with E-state index in [9.17, 15) is 27.6 Å². The molecule has 0 saturated heterocycles. The molecule has 3 atom stereocenters. The third-order valence-electron chi connectivity index (χ3n) is 2.49. The number of hydrogen-bond acceptors (Lipinski definition) is 5. The molecule has 0 aromatic carbocycles. The highest BCUT2D eigenvalue weighted by atomic mass is 19.4. The number of carboxylic acid groups (broad SMARTS) is 1. The number of alkyl halides is 3. The Morgan fingerprint density at radius 2 is 1.67 bits per heavy atom. The molecule has 0 spiro atoms. The van der Waals surface area contributed by atoms with Crippen LogP contribution in [0.3, 0.4) is 0 Å². The number of carboxylic acids is 1. The number of carbonyl (C=O) groups excluding carboxylic acids is 2. The SMILES string of the molecule is C[C@H](NC(=O)C[C@@H](N[C@@H](C)C(=O)NO)C(F)(F)F)C(=O)O. The fourth-order valence-corrected chi connectivity index (χ4v) is 1.29. The Balaban J connectivity index is 4.76. The van der Waals surface area contributed by atoms with Gasteiger partial charge < -0.3 is 10.4 Å². The number of carbonyl (C=O) groups is 3. The zero-order chi connectivity index (χ0) is 16.8. The van der Waals surface area contributed by atoms with Crippen LogP contribution >= 0.6 is 0 Å². The smallest absolute Gasteiger partial charge is 0.404 e. The molecular weight excluding hydrogens is 299 g/mol. The molecule has 0 aromatic rings. The van der Waals surface area contributed by atoms with Gasteiger partial charge in [0.25, 0.3) is 5.91 Å². The van der Waals surface area contributed by atoms with Crippen molar-refractivity contribution in [2.24, 2.45) is 0 Å². The van der Waals surface area contributed by atoms with Crippen LogP contribution < -0.4 is 16.1 Å². The predicted molar refractivity (Wildman–Crippen MR) is 62.2 cm³/mol. The molecule has 8 nitrogen and oxygen atoms in total. The van der Waals surface area contributed by atoms with E-state index in [1.165, 1.54) is 5.48 Å². The molecule has 21 heavy (non-hydrogen) atoms. The molecule has 0 saturated carbocycles. The van der Waals surface area contributed by atoms with Crippen molar-refractivity contribution < 1.29 is 37.9 Å². The number of amides is 2. The number of hydrogen-bond donors (Lipinski definition) is 5. The minimum absolute atomic E-state index is 1.06. The van der Waals surface area contributed by atoms with Crippen LogP contribution in [0.2, 0.25) is 0 Å². The lowest BCUT2D eigenvalue weighted by molar-refractivity contribution is -0.165. The largest absolute Gasteiger partial charge is 0.480 e. The summed E-state index contributed by atoms with van der Waals surface area (Å²) in [5.41, 5.74) is 1.17. The zero-order valence-corrected chi connectivity index (χ0v) is 11.2. The molecule has 5 N–H and O–H groups in total. The van der Waals surface area contributed by atoms with Gasteiger partial charge in [0.15, 0.2) is 0 Å². The van der Waals surface area contributed by atoms with Gasteiger partial charge in [-0.2, -0.15) is 13.2 Å². The highest BCUT2D eigenvalue weighted by Crippen LogP contribution is 2.23. The van der Waals surface area contributed by atoms with Gasteiger partial charge in [0.05, 0.1) is 12.5 Å². The topological polar surface area (TPSA) is 128 Å². The van der Waals surface area contributed by atoms with Gasteiger partial charge in [-0.05, 0) is 13.8 Å². The van der Waals surface area contributed by atoms with Gasteiger partial charge in [-0.15, -0.1) is 0 Å². The third kappa shape index (κ3) is 6.90. The predicted octanol–water partition coefficient (Wildman–Crippen LogP) is -0.620. The molecule has 0 unspecified atom stereocenters. The summed E-state index contributed by atoms with van der Waals surface area (Å²) in [6.07, 6.45) is -5.95. The van der Waals surface area contributed by atoms with Gasteiger partial charge in [0.1, 0.15) is 12.1 Å². The van der Waals surface area contributed by atoms with E-state index in [1.807, 2.05) is 10.6 Å². The third-order valence-corrected chi connectivity index (χ3v) is 2.49. The molecule has 0 heterocycles. The molecule has 122 valence electrons. The summed E-state index contributed by atoms with van der Waals surface area (Å²) in [6, 6.07) is -5.12. The van der Waals surface area contributed by atoms with E-state index in [-0.39, 0.29) is 0 Å². The number of nitrogens with one attached hydrogen (secondary N) is 3. The van der Waals surface area contributed by atoms with E-state index in [4.69, 9.17) is 10.3 Å². The molecule has 0 fully saturated rings. The molecule has 0 aromatic heterocycles. The number of aliphatic carboxylic acids is 1. The number of halogens is 3. The Bertz CT molecular complexity index is 402. The first-order chi connectivity index (χ1) is 9.48. The number of hydroxylamine groups is 1. The molecule has 0 rings (SSSR count). The van der Waals surface area contributed by atoms with E-state index in [1.54, 1.807) is 0 Å². The average molecular weight is 315 g/mol. The summed E-state index contributed by atoms with van der Waals surface area (Å²) in [5, 5.41) is 20.6. The fourth-order valence-electron chi connectivity index (χ4n) is 1.29. The second-order valence-electron chi connectivity index (χ2n) is 4.29. The Morgan fingerprint density at radius 3 is 2.05 bits per heavy atom. The molecule has 11 heteroatoms. The van der Waals surface area contributed by atoms with Crippen molar-refractivity contribution >= 4 is 17.8 Å². The van der Waals surface area contributed by atoms with Crippen molar-refractivity contribution in [3.8, 4) is 0 Å². The van der Waals surface area contributed by atoms with E-state index >= 15 is 0 Å². The van der Waals surface area contributed by atoms with E-state index in [0.29, 0.717) is 0 Å². The fraction of sp³-hybridized carbons (Fsp3) is 0.700. The van der Waals surface area contributed by atoms with Crippen molar-refractivity contribution in [1.82, 2.24) is 16.1 Å². The zero-order valence-electron chi connectivity index (χ0n) is 11.2. The summed E-state index contributed by atoms with van der Waals surface area (Å²) < 4.78 is 38.3. The maximum atomic E-state index is 12.8. The van der Waals surface area contributed by atoms with Crippen LogP contribution in [0.1, 0.15) is 20.3 Å². The standard InChI is InChI=1S/C10H16F3N3O5/c1-4(8(18)16-21)14-6(10(11,12)13)3-7(17)15-5(2)9(19)20/h4-6,14,21H,3H2,1-2H3,(H,15,17)(H,16,18)(H,19,20)/t4-,5-,6+/m0/s1. The Morgan fingerprint density at radius 1 is 1.14 bits per heavy atom. The normalized spacial score (nSPS) is 15.7. The molecule has 2 amide bonds. The summed E-state index contributed by atoms with van der Waals surface area (Å²) in [4.78, 5) is 32.8. The van der Waals surface area contributed by atoms with Crippen molar-refractivity contribution in [3.05, 3.63) is 0 Å². The van der Waals surface area contributed by atoms with Gasteiger partial charge in [-0.1, -0.05) is 0 Å². The van der Waals surface area contributed by atoms with Gasteiger partial charge in [-0.25, -0.2) is 5.48 Å². The first-order valence-corrected chi connectivity index (χ1v) is 5.78. The average Bonchev–Trinajstić information content (AvgIpc) is 2.35. The maximum Gasteiger partial charge on any atom is 0.404 e. The molecular formula is C10H16F3N3O5. The second-order valence-corrected chi connectivity index (χ2v) is 4.29. The summed E-state index contributed by atoms with van der Waals surface area (Å²) >= 11 is 0. The van der Waals surface area contributed by atoms with Crippen LogP contribution in [0, 0.1) is 0 Å². The van der Waals surface area contributed by atoms with E-state index in [0.717, 1.165) is 13.8 Å². The van der Waals surface area contributed by atoms with Crippen molar-refractivity contribution in [2.75, 3.05) is 0 Å². The maximum absolute atomic E-state index is 12.8. The first kappa shape index (κ1) is 19.1. The summed E-state index contributed by atoms with van der Waals surface area (Å²) in [6.45, 7) is 2.15. The van der Waals surface area contributed by atoms with Gasteiger partial charge in [-0.3, -0.25) is 24.9 Å². The van der Waals surface area contributed by atoms with E-state index < -0.39 is 48.5 Å². The lowest BCUT2D eigenvalue weighted by Gasteiger charge is -2.24. The molecule has 0 radical (unpaired) electrons. The van der Waals surface area contributed by atoms with Gasteiger partial charge >= 0.3 is 12.1 Å². The van der Waals surface area contributed by atoms with Crippen molar-refractivity contribution in [3.63, 3.8) is 0 Å². The van der Waals surface area contributed by atoms with Gasteiger partial charge in [0.2, 0.25) is 5.91 Å². The molecule has 0 aliphatic carbocycles. The van der Waals surface area contributed by atoms with Crippen LogP contribution in [0.25, 0.3) is 0 Å². The lowest BCUT2D eigenvalue weighted by atomic mass is 10.1. The Kier molecular flexibility index (Phi) is 7.09. The van der Waals surface area contributed by atoms with E-state index in [2.05, 4.69) is 0 Å². The van der Waals surface area contributed by atoms with Crippen molar-refractivity contribution in [2.45, 2.75) is 44.6 Å². The highest BCUT2D eigenvalue weighted by Gasteiger charge is 2.42. The Labute approximate surface area is 117 Å². The van der Waals surface area contributed by atoms with Crippen LogP contribution in [-0.2, 0) is 14.4 Å². The highest BCUT2D eigenvalue weighted by molar-refractivity contribution is 5.84. The molecule has 0 aliphatic rings. The molecule has 0 bridgehead atoms.